The minimum Gasteiger partial charge on any atom is -0.390 e. The first-order chi connectivity index (χ1) is 18.1. The van der Waals surface area contributed by atoms with Gasteiger partial charge in [0.15, 0.2) is 12.1 Å². The number of hydrogen-bond donors (Lipinski definition) is 5. The van der Waals surface area contributed by atoms with Gasteiger partial charge in [-0.2, -0.15) is 5.10 Å². The van der Waals surface area contributed by atoms with E-state index in [0.29, 0.717) is 11.6 Å². The lowest BCUT2D eigenvalue weighted by Gasteiger charge is -2.35. The van der Waals surface area contributed by atoms with E-state index in [2.05, 4.69) is 43.2 Å². The molecule has 37 heavy (non-hydrogen) atoms. The van der Waals surface area contributed by atoms with Gasteiger partial charge in [0.05, 0.1) is 12.3 Å². The Morgan fingerprint density at radius 3 is 2.81 bits per heavy atom. The molecule has 1 aromatic carbocycles. The first-order valence-electron chi connectivity index (χ1n) is 13.0. The summed E-state index contributed by atoms with van der Waals surface area (Å²) in [5.74, 6) is 2.19. The van der Waals surface area contributed by atoms with Gasteiger partial charge < -0.3 is 25.4 Å². The quantitative estimate of drug-likeness (QED) is 0.124. The average molecular weight is 524 g/mol. The van der Waals surface area contributed by atoms with E-state index < -0.39 is 0 Å². The van der Waals surface area contributed by atoms with Crippen LogP contribution in [0.1, 0.15) is 54.6 Å². The normalized spacial score (nSPS) is 15.4. The highest BCUT2D eigenvalue weighted by molar-refractivity contribution is 7.81. The second-order valence-corrected chi connectivity index (χ2v) is 9.68. The molecule has 9 nitrogen and oxygen atoms in total. The van der Waals surface area contributed by atoms with Crippen molar-refractivity contribution in [3.8, 4) is 5.69 Å². The Labute approximate surface area is 224 Å². The van der Waals surface area contributed by atoms with E-state index in [9.17, 15) is 9.90 Å². The Bertz CT molecular complexity index is 1170. The van der Waals surface area contributed by atoms with Gasteiger partial charge >= 0.3 is 0 Å². The molecule has 0 aliphatic carbocycles. The van der Waals surface area contributed by atoms with Crippen molar-refractivity contribution in [1.82, 2.24) is 14.8 Å². The summed E-state index contributed by atoms with van der Waals surface area (Å²) in [5.41, 5.74) is 4.11. The lowest BCUT2D eigenvalue weighted by Crippen LogP contribution is -2.36. The molecular weight excluding hydrogens is 486 g/mol. The molecule has 0 radical (unpaired) electrons. The summed E-state index contributed by atoms with van der Waals surface area (Å²) in [4.78, 5) is 18.6. The molecule has 1 saturated heterocycles. The van der Waals surface area contributed by atoms with Crippen molar-refractivity contribution in [3.05, 3.63) is 53.9 Å². The maximum absolute atomic E-state index is 11.6. The minimum absolute atomic E-state index is 0.0892. The summed E-state index contributed by atoms with van der Waals surface area (Å²) < 4.78 is 4.62. The van der Waals surface area contributed by atoms with Crippen molar-refractivity contribution in [1.29, 1.82) is 0 Å². The number of aliphatic hydroxyl groups excluding tert-OH is 1. The Balaban J connectivity index is 1.26. The van der Waals surface area contributed by atoms with Crippen molar-refractivity contribution < 1.29 is 9.90 Å². The lowest BCUT2D eigenvalue weighted by molar-refractivity contribution is 0.112. The van der Waals surface area contributed by atoms with Gasteiger partial charge in [0.2, 0.25) is 0 Å². The summed E-state index contributed by atoms with van der Waals surface area (Å²) in [5, 5.41) is 20.3. The van der Waals surface area contributed by atoms with Crippen LogP contribution in [0.5, 0.6) is 0 Å². The molecule has 4 N–H and O–H groups in total. The maximum Gasteiger partial charge on any atom is 0.154 e. The highest BCUT2D eigenvalue weighted by Gasteiger charge is 2.22. The molecule has 0 spiro atoms. The minimum atomic E-state index is -0.0892. The lowest BCUT2D eigenvalue weighted by atomic mass is 9.91. The van der Waals surface area contributed by atoms with Crippen LogP contribution >= 0.6 is 12.8 Å². The van der Waals surface area contributed by atoms with Crippen molar-refractivity contribution in [2.45, 2.75) is 45.1 Å². The summed E-state index contributed by atoms with van der Waals surface area (Å²) in [6, 6.07) is 11.5. The van der Waals surface area contributed by atoms with Crippen LogP contribution in [-0.2, 0) is 6.61 Å². The second-order valence-electron chi connectivity index (χ2n) is 9.46. The molecule has 0 amide bonds. The molecule has 3 aromatic rings. The summed E-state index contributed by atoms with van der Waals surface area (Å²) >= 11 is 4.16. The van der Waals surface area contributed by atoms with Gasteiger partial charge in [-0.15, -0.1) is 0 Å². The molecule has 1 aliphatic rings. The molecule has 0 saturated carbocycles. The zero-order valence-corrected chi connectivity index (χ0v) is 22.3. The van der Waals surface area contributed by atoms with E-state index in [-0.39, 0.29) is 6.61 Å². The summed E-state index contributed by atoms with van der Waals surface area (Å²) in [6.07, 6.45) is 9.71. The SMILES string of the molecule is CNc1ccc(-n2ccc(CO)n2)c(NCCCCCC2CCCN(c3cc(NS)ccc3C=O)C2)n1. The van der Waals surface area contributed by atoms with Gasteiger partial charge in [-0.1, -0.05) is 25.7 Å². The summed E-state index contributed by atoms with van der Waals surface area (Å²) in [7, 11) is 1.85. The number of nitrogens with zero attached hydrogens (tertiary/aromatic N) is 4. The van der Waals surface area contributed by atoms with Gasteiger partial charge in [-0.05, 0) is 68.0 Å². The van der Waals surface area contributed by atoms with Crippen LogP contribution < -0.4 is 20.3 Å². The molecule has 10 heteroatoms. The fourth-order valence-electron chi connectivity index (χ4n) is 4.93. The number of pyridine rings is 1. The van der Waals surface area contributed by atoms with Crippen molar-refractivity contribution in [2.75, 3.05) is 46.9 Å². The number of benzene rings is 1. The molecule has 1 unspecified atom stereocenters. The van der Waals surface area contributed by atoms with Crippen LogP contribution in [0.2, 0.25) is 0 Å². The van der Waals surface area contributed by atoms with Crippen molar-refractivity contribution in [2.24, 2.45) is 5.92 Å². The topological polar surface area (TPSA) is 107 Å². The third-order valence-corrected chi connectivity index (χ3v) is 7.17. The highest BCUT2D eigenvalue weighted by Crippen LogP contribution is 2.30. The fourth-order valence-corrected chi connectivity index (χ4v) is 5.07. The van der Waals surface area contributed by atoms with Crippen LogP contribution in [0, 0.1) is 5.92 Å². The maximum atomic E-state index is 11.6. The predicted molar refractivity (Wildman–Crippen MR) is 153 cm³/mol. The number of carbonyl (C=O) groups is 1. The zero-order valence-electron chi connectivity index (χ0n) is 21.4. The van der Waals surface area contributed by atoms with E-state index in [1.165, 1.54) is 19.3 Å². The number of nitrogens with one attached hydrogen (secondary N) is 3. The second kappa shape index (κ2) is 13.3. The first-order valence-corrected chi connectivity index (χ1v) is 13.4. The first kappa shape index (κ1) is 26.8. The van der Waals surface area contributed by atoms with E-state index in [1.807, 2.05) is 43.6 Å². The van der Waals surface area contributed by atoms with E-state index in [1.54, 1.807) is 10.7 Å². The number of anilines is 4. The Morgan fingerprint density at radius 2 is 2.05 bits per heavy atom. The van der Waals surface area contributed by atoms with Crippen molar-refractivity contribution >= 4 is 42.1 Å². The Kier molecular flexibility index (Phi) is 9.67. The Hall–Kier alpha value is -3.24. The molecule has 0 bridgehead atoms. The van der Waals surface area contributed by atoms with Crippen LogP contribution in [0.3, 0.4) is 0 Å². The van der Waals surface area contributed by atoms with Crippen LogP contribution in [0.15, 0.2) is 42.6 Å². The number of carbonyl (C=O) groups excluding carboxylic acids is 1. The predicted octanol–water partition coefficient (Wildman–Crippen LogP) is 4.76. The fraction of sp³-hybridized carbons (Fsp3) is 0.444. The van der Waals surface area contributed by atoms with Crippen LogP contribution in [-0.4, -0.2) is 52.8 Å². The van der Waals surface area contributed by atoms with E-state index >= 15 is 0 Å². The van der Waals surface area contributed by atoms with Gasteiger partial charge in [0.1, 0.15) is 11.5 Å². The number of piperidine rings is 1. The third kappa shape index (κ3) is 6.95. The number of aromatic nitrogens is 3. The molecule has 2 aromatic heterocycles. The third-order valence-electron chi connectivity index (χ3n) is 6.91. The number of hydrogen-bond acceptors (Lipinski definition) is 9. The zero-order chi connectivity index (χ0) is 26.0. The highest BCUT2D eigenvalue weighted by atomic mass is 32.1. The van der Waals surface area contributed by atoms with Gasteiger partial charge in [0.25, 0.3) is 0 Å². The van der Waals surface area contributed by atoms with Gasteiger partial charge in [0, 0.05) is 49.8 Å². The summed E-state index contributed by atoms with van der Waals surface area (Å²) in [6.45, 7) is 2.70. The molecule has 1 aliphatic heterocycles. The Morgan fingerprint density at radius 1 is 1.16 bits per heavy atom. The molecule has 1 atom stereocenters. The number of thiol groups is 1. The molecule has 3 heterocycles. The molecule has 4 rings (SSSR count). The molecule has 1 fully saturated rings. The molecular formula is C27H37N7O2S. The van der Waals surface area contributed by atoms with E-state index in [4.69, 9.17) is 0 Å². The van der Waals surface area contributed by atoms with Gasteiger partial charge in [-0.25, -0.2) is 9.67 Å². The molecule has 198 valence electrons. The number of unbranched alkanes of at least 4 members (excludes halogenated alkanes) is 2. The van der Waals surface area contributed by atoms with E-state index in [0.717, 1.165) is 79.4 Å². The number of rotatable bonds is 13. The van der Waals surface area contributed by atoms with Crippen molar-refractivity contribution in [3.63, 3.8) is 0 Å². The van der Waals surface area contributed by atoms with Gasteiger partial charge in [-0.3, -0.25) is 4.79 Å². The average Bonchev–Trinajstić information content (AvgIpc) is 3.43. The number of aldehydes is 1. The number of aliphatic hydroxyl groups is 1. The monoisotopic (exact) mass is 523 g/mol. The largest absolute Gasteiger partial charge is 0.390 e. The van der Waals surface area contributed by atoms with Crippen LogP contribution in [0.4, 0.5) is 23.0 Å². The van der Waals surface area contributed by atoms with Crippen LogP contribution in [0.25, 0.3) is 5.69 Å². The smallest absolute Gasteiger partial charge is 0.154 e. The standard InChI is InChI=1S/C27H37N7O2S/c1-28-26-11-10-24(34-15-12-23(19-36)31-34)27(30-26)29-13-4-2-3-6-20-7-5-14-33(17-20)25-16-22(32-37)9-8-21(25)18-35/h8-12,15-16,18,20,32,36-37H,2-7,13-14,17,19H2,1H3,(H2,28,29,30).